The van der Waals surface area contributed by atoms with Crippen molar-refractivity contribution in [3.8, 4) is 11.5 Å². The number of rotatable bonds is 4. The highest BCUT2D eigenvalue weighted by molar-refractivity contribution is 5.97. The molecule has 0 spiro atoms. The van der Waals surface area contributed by atoms with E-state index in [0.717, 1.165) is 22.0 Å². The van der Waals surface area contributed by atoms with Crippen LogP contribution in [0.4, 0.5) is 4.79 Å². The maximum absolute atomic E-state index is 12.4. The van der Waals surface area contributed by atoms with Crippen molar-refractivity contribution < 1.29 is 24.0 Å². The Morgan fingerprint density at radius 1 is 1.41 bits per heavy atom. The highest BCUT2D eigenvalue weighted by Gasteiger charge is 2.33. The number of urea groups is 1. The van der Waals surface area contributed by atoms with Crippen molar-refractivity contribution >= 4 is 11.9 Å². The molecule has 2 heterocycles. The van der Waals surface area contributed by atoms with Crippen LogP contribution in [0.5, 0.6) is 11.5 Å². The third kappa shape index (κ3) is 2.71. The largest absolute Gasteiger partial charge is 0.454 e. The van der Waals surface area contributed by atoms with Crippen LogP contribution < -0.4 is 19.7 Å². The Hall–Kier alpha value is -2.28. The van der Waals surface area contributed by atoms with Gasteiger partial charge in [0.2, 0.25) is 6.79 Å². The van der Waals surface area contributed by atoms with Gasteiger partial charge in [0.05, 0.1) is 7.05 Å². The van der Waals surface area contributed by atoms with Gasteiger partial charge in [-0.25, -0.2) is 4.79 Å². The predicted molar refractivity (Wildman–Crippen MR) is 77.7 cm³/mol. The molecule has 1 fully saturated rings. The van der Waals surface area contributed by atoms with Crippen molar-refractivity contribution in [1.82, 2.24) is 10.2 Å². The van der Waals surface area contributed by atoms with Gasteiger partial charge in [0.15, 0.2) is 17.5 Å². The Labute approximate surface area is 128 Å². The maximum atomic E-state index is 12.4. The zero-order chi connectivity index (χ0) is 15.7. The second-order valence-electron chi connectivity index (χ2n) is 5.65. The average Bonchev–Trinajstić information content (AvgIpc) is 3.13. The molecule has 0 radical (unpaired) electrons. The van der Waals surface area contributed by atoms with E-state index < -0.39 is 0 Å². The number of likely N-dealkylation sites (N-methyl/N-ethyl adjacent to an activating group) is 1. The fourth-order valence-corrected chi connectivity index (χ4v) is 2.65. The molecular formula is C15H20N3O4+. The third-order valence-corrected chi connectivity index (χ3v) is 4.15. The molecule has 2 aliphatic rings. The van der Waals surface area contributed by atoms with Gasteiger partial charge < -0.3 is 19.7 Å². The highest BCUT2D eigenvalue weighted by atomic mass is 16.7. The highest BCUT2D eigenvalue weighted by Crippen LogP contribution is 2.32. The fraction of sp³-hybridized carbons (Fsp3) is 0.467. The summed E-state index contributed by atoms with van der Waals surface area (Å²) in [4.78, 5) is 26.3. The quantitative estimate of drug-likeness (QED) is 0.777. The molecular weight excluding hydrogens is 286 g/mol. The normalized spacial score (nSPS) is 19.0. The van der Waals surface area contributed by atoms with Gasteiger partial charge in [-0.05, 0) is 25.1 Å². The number of amides is 3. The van der Waals surface area contributed by atoms with Crippen LogP contribution in [0.15, 0.2) is 18.2 Å². The minimum absolute atomic E-state index is 0.145. The van der Waals surface area contributed by atoms with E-state index in [1.807, 2.05) is 32.2 Å². The fourth-order valence-electron chi connectivity index (χ4n) is 2.65. The Kier molecular flexibility index (Phi) is 3.89. The van der Waals surface area contributed by atoms with E-state index in [1.54, 1.807) is 0 Å². The predicted octanol–water partition coefficient (Wildman–Crippen LogP) is -0.630. The molecule has 7 nitrogen and oxygen atoms in total. The monoisotopic (exact) mass is 306 g/mol. The third-order valence-electron chi connectivity index (χ3n) is 4.15. The first-order chi connectivity index (χ1) is 10.6. The van der Waals surface area contributed by atoms with E-state index >= 15 is 0 Å². The Morgan fingerprint density at radius 2 is 2.18 bits per heavy atom. The number of ether oxygens (including phenoxy) is 2. The molecule has 2 aliphatic heterocycles. The number of carbonyl (C=O) groups is 2. The second-order valence-corrected chi connectivity index (χ2v) is 5.65. The van der Waals surface area contributed by atoms with Gasteiger partial charge in [-0.1, -0.05) is 0 Å². The number of imide groups is 1. The van der Waals surface area contributed by atoms with Crippen LogP contribution in [-0.4, -0.2) is 49.8 Å². The Bertz CT molecular complexity index is 604. The van der Waals surface area contributed by atoms with Crippen LogP contribution in [0.1, 0.15) is 12.5 Å². The van der Waals surface area contributed by atoms with Crippen LogP contribution >= 0.6 is 0 Å². The Balaban J connectivity index is 1.64. The molecule has 1 saturated heterocycles. The van der Waals surface area contributed by atoms with Crippen molar-refractivity contribution in [3.63, 3.8) is 0 Å². The van der Waals surface area contributed by atoms with E-state index in [1.165, 1.54) is 4.90 Å². The van der Waals surface area contributed by atoms with E-state index in [2.05, 4.69) is 5.32 Å². The molecule has 0 aliphatic carbocycles. The van der Waals surface area contributed by atoms with Crippen molar-refractivity contribution in [2.45, 2.75) is 19.5 Å². The number of benzene rings is 1. The first kappa shape index (κ1) is 14.6. The molecule has 22 heavy (non-hydrogen) atoms. The number of nitrogens with one attached hydrogen (secondary N) is 2. The lowest BCUT2D eigenvalue weighted by molar-refractivity contribution is -0.908. The van der Waals surface area contributed by atoms with Crippen LogP contribution in [0.2, 0.25) is 0 Å². The van der Waals surface area contributed by atoms with Crippen molar-refractivity contribution in [3.05, 3.63) is 23.8 Å². The lowest BCUT2D eigenvalue weighted by Crippen LogP contribution is -3.12. The lowest BCUT2D eigenvalue weighted by Gasteiger charge is -2.24. The van der Waals surface area contributed by atoms with Gasteiger partial charge >= 0.3 is 6.03 Å². The summed E-state index contributed by atoms with van der Waals surface area (Å²) in [7, 11) is 1.95. The summed E-state index contributed by atoms with van der Waals surface area (Å²) in [5.74, 6) is 1.34. The van der Waals surface area contributed by atoms with Crippen LogP contribution in [0.25, 0.3) is 0 Å². The van der Waals surface area contributed by atoms with E-state index in [9.17, 15) is 9.59 Å². The molecule has 1 aromatic rings. The van der Waals surface area contributed by atoms with Gasteiger partial charge in [0.25, 0.3) is 5.91 Å². The lowest BCUT2D eigenvalue weighted by atomic mass is 10.1. The zero-order valence-corrected chi connectivity index (χ0v) is 12.7. The molecule has 0 aromatic heterocycles. The molecule has 2 N–H and O–H groups in total. The maximum Gasteiger partial charge on any atom is 0.324 e. The number of fused-ring (bicyclic) bond motifs is 1. The van der Waals surface area contributed by atoms with Crippen LogP contribution in [0.3, 0.4) is 0 Å². The minimum atomic E-state index is -0.298. The van der Waals surface area contributed by atoms with Crippen LogP contribution in [0, 0.1) is 0 Å². The van der Waals surface area contributed by atoms with Crippen molar-refractivity contribution in [1.29, 1.82) is 0 Å². The van der Waals surface area contributed by atoms with Gasteiger partial charge in [-0.3, -0.25) is 9.69 Å². The SMILES string of the molecule is C[C@@H](C(=O)N1CCNC1=O)[NH+](C)Cc1ccc2c(c1)OCO2. The summed E-state index contributed by atoms with van der Waals surface area (Å²) in [5, 5.41) is 2.65. The van der Waals surface area contributed by atoms with Crippen molar-refractivity contribution in [2.75, 3.05) is 26.9 Å². The van der Waals surface area contributed by atoms with Crippen molar-refractivity contribution in [2.24, 2.45) is 0 Å². The van der Waals surface area contributed by atoms with E-state index in [-0.39, 0.29) is 24.8 Å². The summed E-state index contributed by atoms with van der Waals surface area (Å²) >= 11 is 0. The molecule has 2 atom stereocenters. The number of carbonyl (C=O) groups excluding carboxylic acids is 2. The molecule has 1 aromatic carbocycles. The van der Waals surface area contributed by atoms with E-state index in [0.29, 0.717) is 19.6 Å². The second kappa shape index (κ2) is 5.84. The first-order valence-electron chi connectivity index (χ1n) is 7.36. The molecule has 118 valence electrons. The van der Waals surface area contributed by atoms with Gasteiger partial charge in [0, 0.05) is 18.7 Å². The van der Waals surface area contributed by atoms with E-state index in [4.69, 9.17) is 9.47 Å². The van der Waals surface area contributed by atoms with Gasteiger partial charge in [-0.2, -0.15) is 0 Å². The number of hydrogen-bond donors (Lipinski definition) is 2. The van der Waals surface area contributed by atoms with Gasteiger partial charge in [0.1, 0.15) is 6.54 Å². The standard InChI is InChI=1S/C15H19N3O4/c1-10(14(19)18-6-5-16-15(18)20)17(2)8-11-3-4-12-13(7-11)22-9-21-12/h3-4,7,10H,5-6,8-9H2,1-2H3,(H,16,20)/p+1/t10-/m0/s1. The average molecular weight is 306 g/mol. The summed E-state index contributed by atoms with van der Waals surface area (Å²) in [6, 6.07) is 5.19. The first-order valence-corrected chi connectivity index (χ1v) is 7.36. The molecule has 0 saturated carbocycles. The summed E-state index contributed by atoms with van der Waals surface area (Å²) in [6.07, 6.45) is 0. The smallest absolute Gasteiger partial charge is 0.324 e. The summed E-state index contributed by atoms with van der Waals surface area (Å²) < 4.78 is 10.7. The molecule has 0 bridgehead atoms. The topological polar surface area (TPSA) is 72.3 Å². The molecule has 1 unspecified atom stereocenters. The Morgan fingerprint density at radius 3 is 2.91 bits per heavy atom. The molecule has 7 heteroatoms. The number of nitrogens with zero attached hydrogens (tertiary/aromatic N) is 1. The molecule has 3 rings (SSSR count). The number of hydrogen-bond acceptors (Lipinski definition) is 4. The summed E-state index contributed by atoms with van der Waals surface area (Å²) in [5.41, 5.74) is 1.06. The number of quaternary nitrogens is 1. The van der Waals surface area contributed by atoms with Crippen LogP contribution in [-0.2, 0) is 11.3 Å². The minimum Gasteiger partial charge on any atom is -0.454 e. The molecule has 3 amide bonds. The zero-order valence-electron chi connectivity index (χ0n) is 12.7. The summed E-state index contributed by atoms with van der Waals surface area (Å²) in [6.45, 7) is 3.73. The van der Waals surface area contributed by atoms with Gasteiger partial charge in [-0.15, -0.1) is 0 Å².